The van der Waals surface area contributed by atoms with Gasteiger partial charge in [0.15, 0.2) is 5.82 Å². The van der Waals surface area contributed by atoms with E-state index in [-0.39, 0.29) is 18.0 Å². The number of tetrazole rings is 1. The number of H-pyrrole nitrogens is 1. The lowest BCUT2D eigenvalue weighted by Crippen LogP contribution is -2.52. The number of aromatic nitrogens is 4. The minimum Gasteiger partial charge on any atom is -0.453 e. The van der Waals surface area contributed by atoms with E-state index in [1.807, 2.05) is 30.3 Å². The Balaban J connectivity index is 1.42. The number of methoxy groups -OCH3 is 1. The van der Waals surface area contributed by atoms with Gasteiger partial charge in [0, 0.05) is 35.2 Å². The third kappa shape index (κ3) is 8.11. The summed E-state index contributed by atoms with van der Waals surface area (Å²) >= 11 is 6.17. The predicted octanol–water partition coefficient (Wildman–Crippen LogP) is 3.04. The highest BCUT2D eigenvalue weighted by atomic mass is 35.5. The molecule has 1 saturated carbocycles. The molecule has 0 bridgehead atoms. The molecule has 0 spiro atoms. The van der Waals surface area contributed by atoms with E-state index in [9.17, 15) is 14.4 Å². The Kier molecular flexibility index (Phi) is 9.63. The monoisotopic (exact) mass is 551 g/mol. The Hall–Kier alpha value is -4.25. The molecule has 1 heterocycles. The molecule has 1 atom stereocenters. The number of ether oxygens (including phenoxy) is 1. The van der Waals surface area contributed by atoms with Gasteiger partial charge in [-0.3, -0.25) is 9.59 Å². The minimum absolute atomic E-state index is 0.0136. The highest BCUT2D eigenvalue weighted by Gasteiger charge is 2.27. The molecule has 39 heavy (non-hydrogen) atoms. The summed E-state index contributed by atoms with van der Waals surface area (Å²) in [6, 6.07) is 13.8. The zero-order chi connectivity index (χ0) is 27.6. The molecule has 3 amide bonds. The summed E-state index contributed by atoms with van der Waals surface area (Å²) in [7, 11) is 1.33. The third-order valence-corrected chi connectivity index (χ3v) is 6.76. The topological polar surface area (TPSA) is 151 Å². The molecule has 1 aromatic heterocycles. The maximum Gasteiger partial charge on any atom is 0.407 e. The van der Waals surface area contributed by atoms with Gasteiger partial charge in [-0.05, 0) is 71.5 Å². The molecule has 1 aliphatic rings. The zero-order valence-electron chi connectivity index (χ0n) is 21.4. The van der Waals surface area contributed by atoms with Crippen LogP contribution in [-0.2, 0) is 20.7 Å². The lowest BCUT2D eigenvalue weighted by Gasteiger charge is -2.30. The average Bonchev–Trinajstić information content (AvgIpc) is 3.48. The van der Waals surface area contributed by atoms with Crippen LogP contribution >= 0.6 is 11.6 Å². The number of carbonyl (C=O) groups excluding carboxylic acids is 3. The van der Waals surface area contributed by atoms with E-state index in [0.29, 0.717) is 41.2 Å². The van der Waals surface area contributed by atoms with Gasteiger partial charge in [-0.1, -0.05) is 41.9 Å². The number of rotatable bonds is 9. The van der Waals surface area contributed by atoms with E-state index < -0.39 is 18.0 Å². The Morgan fingerprint density at radius 1 is 1.08 bits per heavy atom. The number of aromatic amines is 1. The fraction of sp³-hybridized carbons (Fsp3) is 0.333. The predicted molar refractivity (Wildman–Crippen MR) is 145 cm³/mol. The first-order valence-corrected chi connectivity index (χ1v) is 13.0. The molecule has 1 aliphatic carbocycles. The SMILES string of the molecule is COC(=O)NC1CCC(NC(=O)[C@H](Cc2ccccc2)NC(=O)/C=C/c2cc(Cl)ccc2-c2nnn[nH]2)CC1. The number of hydrogen-bond acceptors (Lipinski definition) is 7. The van der Waals surface area contributed by atoms with Gasteiger partial charge >= 0.3 is 6.09 Å². The number of nitrogens with one attached hydrogen (secondary N) is 4. The highest BCUT2D eigenvalue weighted by molar-refractivity contribution is 6.30. The fourth-order valence-electron chi connectivity index (χ4n) is 4.51. The van der Waals surface area contributed by atoms with Crippen molar-refractivity contribution in [1.82, 2.24) is 36.6 Å². The molecule has 3 aromatic rings. The first-order chi connectivity index (χ1) is 18.9. The van der Waals surface area contributed by atoms with Gasteiger partial charge < -0.3 is 20.7 Å². The van der Waals surface area contributed by atoms with E-state index in [4.69, 9.17) is 11.6 Å². The van der Waals surface area contributed by atoms with Crippen molar-refractivity contribution in [3.05, 3.63) is 70.8 Å². The molecular weight excluding hydrogens is 522 g/mol. The van der Waals surface area contributed by atoms with Gasteiger partial charge in [-0.15, -0.1) is 5.10 Å². The van der Waals surface area contributed by atoms with Crippen LogP contribution in [-0.4, -0.2) is 63.8 Å². The van der Waals surface area contributed by atoms with Gasteiger partial charge in [-0.25, -0.2) is 9.89 Å². The number of halogens is 1. The third-order valence-electron chi connectivity index (χ3n) is 6.52. The van der Waals surface area contributed by atoms with Crippen LogP contribution < -0.4 is 16.0 Å². The summed E-state index contributed by atoms with van der Waals surface area (Å²) in [5, 5.41) is 23.0. The summed E-state index contributed by atoms with van der Waals surface area (Å²) in [5.74, 6) is -0.260. The van der Waals surface area contributed by atoms with Crippen LogP contribution in [0.15, 0.2) is 54.6 Å². The molecule has 0 unspecified atom stereocenters. The number of benzene rings is 2. The number of nitrogens with zero attached hydrogens (tertiary/aromatic N) is 3. The van der Waals surface area contributed by atoms with Crippen LogP contribution in [0.4, 0.5) is 4.79 Å². The van der Waals surface area contributed by atoms with Crippen LogP contribution in [0.1, 0.15) is 36.8 Å². The Morgan fingerprint density at radius 3 is 2.46 bits per heavy atom. The van der Waals surface area contributed by atoms with Crippen LogP contribution in [0.5, 0.6) is 0 Å². The maximum atomic E-state index is 13.3. The van der Waals surface area contributed by atoms with Crippen molar-refractivity contribution in [2.24, 2.45) is 0 Å². The average molecular weight is 552 g/mol. The second kappa shape index (κ2) is 13.5. The van der Waals surface area contributed by atoms with E-state index in [1.54, 1.807) is 24.3 Å². The van der Waals surface area contributed by atoms with Gasteiger partial charge in [0.2, 0.25) is 11.8 Å². The van der Waals surface area contributed by atoms with Crippen molar-refractivity contribution in [2.75, 3.05) is 7.11 Å². The van der Waals surface area contributed by atoms with Crippen LogP contribution in [0.25, 0.3) is 17.5 Å². The smallest absolute Gasteiger partial charge is 0.407 e. The van der Waals surface area contributed by atoms with E-state index >= 15 is 0 Å². The summed E-state index contributed by atoms with van der Waals surface area (Å²) < 4.78 is 4.67. The lowest BCUT2D eigenvalue weighted by atomic mass is 9.91. The first kappa shape index (κ1) is 27.8. The molecule has 204 valence electrons. The molecular formula is C27H30ClN7O4. The summed E-state index contributed by atoms with van der Waals surface area (Å²) in [5.41, 5.74) is 2.23. The van der Waals surface area contributed by atoms with Crippen molar-refractivity contribution in [1.29, 1.82) is 0 Å². The molecule has 0 aliphatic heterocycles. The van der Waals surface area contributed by atoms with Crippen LogP contribution in [0.2, 0.25) is 5.02 Å². The highest BCUT2D eigenvalue weighted by Crippen LogP contribution is 2.24. The van der Waals surface area contributed by atoms with Crippen molar-refractivity contribution in [3.8, 4) is 11.4 Å². The van der Waals surface area contributed by atoms with Crippen molar-refractivity contribution in [3.63, 3.8) is 0 Å². The minimum atomic E-state index is -0.784. The van der Waals surface area contributed by atoms with E-state index in [1.165, 1.54) is 13.2 Å². The lowest BCUT2D eigenvalue weighted by molar-refractivity contribution is -0.127. The normalized spacial score (nSPS) is 17.8. The van der Waals surface area contributed by atoms with Crippen molar-refractivity contribution in [2.45, 2.75) is 50.2 Å². The molecule has 0 radical (unpaired) electrons. The second-order valence-electron chi connectivity index (χ2n) is 9.26. The molecule has 11 nitrogen and oxygen atoms in total. The molecule has 4 rings (SSSR count). The van der Waals surface area contributed by atoms with Gasteiger partial charge in [0.1, 0.15) is 6.04 Å². The molecule has 12 heteroatoms. The van der Waals surface area contributed by atoms with Crippen molar-refractivity contribution >= 4 is 35.6 Å². The Labute approximate surface area is 230 Å². The second-order valence-corrected chi connectivity index (χ2v) is 9.70. The van der Waals surface area contributed by atoms with Gasteiger partial charge in [0.25, 0.3) is 0 Å². The molecule has 2 aromatic carbocycles. The standard InChI is InChI=1S/C27H30ClN7O4/c1-39-27(38)30-21-11-9-20(10-12-21)29-26(37)23(15-17-5-3-2-4-6-17)31-24(36)14-7-18-16-19(28)8-13-22(18)25-32-34-35-33-25/h2-8,13-14,16,20-21,23H,9-12,15H2,1H3,(H,29,37)(H,30,38)(H,31,36)(H,32,33,34,35)/b14-7+/t20?,21?,23-/m0/s1. The maximum absolute atomic E-state index is 13.3. The number of hydrogen-bond donors (Lipinski definition) is 4. The largest absolute Gasteiger partial charge is 0.453 e. The first-order valence-electron chi connectivity index (χ1n) is 12.6. The van der Waals surface area contributed by atoms with E-state index in [2.05, 4.69) is 41.3 Å². The van der Waals surface area contributed by atoms with Crippen LogP contribution in [0.3, 0.4) is 0 Å². The Morgan fingerprint density at radius 2 is 1.79 bits per heavy atom. The molecule has 0 saturated heterocycles. The summed E-state index contributed by atoms with van der Waals surface area (Å²) in [4.78, 5) is 37.7. The number of carbonyl (C=O) groups is 3. The van der Waals surface area contributed by atoms with E-state index in [0.717, 1.165) is 18.4 Å². The number of amides is 3. The van der Waals surface area contributed by atoms with Crippen LogP contribution in [0, 0.1) is 0 Å². The Bertz CT molecular complexity index is 1290. The van der Waals surface area contributed by atoms with Gasteiger partial charge in [-0.2, -0.15) is 0 Å². The molecule has 1 fully saturated rings. The fourth-order valence-corrected chi connectivity index (χ4v) is 4.69. The van der Waals surface area contributed by atoms with Gasteiger partial charge in [0.05, 0.1) is 7.11 Å². The zero-order valence-corrected chi connectivity index (χ0v) is 22.1. The summed E-state index contributed by atoms with van der Waals surface area (Å²) in [6.45, 7) is 0. The summed E-state index contributed by atoms with van der Waals surface area (Å²) in [6.07, 6.45) is 5.70. The quantitative estimate of drug-likeness (QED) is 0.298. The van der Waals surface area contributed by atoms with Crippen molar-refractivity contribution < 1.29 is 19.1 Å². The number of alkyl carbamates (subject to hydrolysis) is 1. The molecule has 4 N–H and O–H groups in total.